The van der Waals surface area contributed by atoms with Gasteiger partial charge in [-0.15, -0.1) is 0 Å². The molecule has 5 aromatic rings. The van der Waals surface area contributed by atoms with E-state index in [2.05, 4.69) is 15.6 Å². The second kappa shape index (κ2) is 13.6. The van der Waals surface area contributed by atoms with Gasteiger partial charge in [-0.1, -0.05) is 66.2 Å². The fourth-order valence-corrected chi connectivity index (χ4v) is 4.58. The van der Waals surface area contributed by atoms with Crippen molar-refractivity contribution < 1.29 is 23.5 Å². The highest BCUT2D eigenvalue weighted by atomic mass is 16.5. The molecule has 8 nitrogen and oxygen atoms in total. The molecule has 1 atom stereocenters. The van der Waals surface area contributed by atoms with Crippen LogP contribution in [-0.2, 0) is 22.5 Å². The molecule has 0 bridgehead atoms. The number of esters is 1. The minimum Gasteiger partial charge on any atom is -0.492 e. The average molecular weight is 564 g/mol. The van der Waals surface area contributed by atoms with Crippen molar-refractivity contribution in [1.29, 1.82) is 0 Å². The molecule has 1 aromatic heterocycles. The molecule has 0 aliphatic heterocycles. The Morgan fingerprint density at radius 2 is 1.64 bits per heavy atom. The van der Waals surface area contributed by atoms with Gasteiger partial charge in [-0.3, -0.25) is 4.79 Å². The molecule has 0 saturated carbocycles. The first-order valence-electron chi connectivity index (χ1n) is 13.8. The number of ether oxygens (including phenoxy) is 2. The monoisotopic (exact) mass is 563 g/mol. The zero-order valence-corrected chi connectivity index (χ0v) is 23.6. The van der Waals surface area contributed by atoms with Crippen LogP contribution in [0.15, 0.2) is 101 Å². The number of hydrogen-bond donors (Lipinski definition) is 2. The smallest absolute Gasteiger partial charge is 0.328 e. The highest BCUT2D eigenvalue weighted by Gasteiger charge is 2.22. The number of hydrogen-bond acceptors (Lipinski definition) is 8. The first-order chi connectivity index (χ1) is 20.5. The molecular formula is C34H33N3O5. The Labute approximate surface area is 244 Å². The summed E-state index contributed by atoms with van der Waals surface area (Å²) in [7, 11) is 1.36. The lowest BCUT2D eigenvalue weighted by Crippen LogP contribution is -2.33. The molecule has 42 heavy (non-hydrogen) atoms. The van der Waals surface area contributed by atoms with Crippen LogP contribution in [0.25, 0.3) is 11.1 Å². The van der Waals surface area contributed by atoms with E-state index >= 15 is 0 Å². The van der Waals surface area contributed by atoms with Crippen LogP contribution in [0, 0.1) is 6.92 Å². The fourth-order valence-electron chi connectivity index (χ4n) is 4.58. The summed E-state index contributed by atoms with van der Waals surface area (Å²) in [6.45, 7) is 3.58. The van der Waals surface area contributed by atoms with E-state index in [1.165, 1.54) is 7.11 Å². The lowest BCUT2D eigenvalue weighted by Gasteiger charge is -2.20. The van der Waals surface area contributed by atoms with Gasteiger partial charge >= 0.3 is 5.97 Å². The highest BCUT2D eigenvalue weighted by Crippen LogP contribution is 2.22. The van der Waals surface area contributed by atoms with E-state index in [1.807, 2.05) is 91.9 Å². The predicted molar refractivity (Wildman–Crippen MR) is 162 cm³/mol. The van der Waals surface area contributed by atoms with Crippen LogP contribution in [0.3, 0.4) is 0 Å². The Kier molecular flexibility index (Phi) is 9.26. The molecule has 1 heterocycles. The molecule has 5 rings (SSSR count). The summed E-state index contributed by atoms with van der Waals surface area (Å²) in [6.07, 6.45) is 0.367. The Balaban J connectivity index is 1.16. The van der Waals surface area contributed by atoms with Gasteiger partial charge in [0.1, 0.15) is 23.9 Å². The molecule has 0 aliphatic carbocycles. The number of nitrogens with zero attached hydrogens (tertiary/aromatic N) is 1. The maximum Gasteiger partial charge on any atom is 0.328 e. The van der Waals surface area contributed by atoms with Gasteiger partial charge in [-0.2, -0.15) is 0 Å². The normalized spacial score (nSPS) is 11.7. The van der Waals surface area contributed by atoms with E-state index in [-0.39, 0.29) is 5.78 Å². The number of ketones is 1. The largest absolute Gasteiger partial charge is 0.492 e. The predicted octanol–water partition coefficient (Wildman–Crippen LogP) is 5.73. The molecule has 8 heteroatoms. The van der Waals surface area contributed by atoms with Crippen molar-refractivity contribution in [2.75, 3.05) is 25.6 Å². The number of anilines is 1. The Morgan fingerprint density at radius 3 is 2.40 bits per heavy atom. The second-order valence-electron chi connectivity index (χ2n) is 9.91. The van der Waals surface area contributed by atoms with Gasteiger partial charge in [-0.25, -0.2) is 9.78 Å². The Hall–Kier alpha value is -4.95. The third-order valence-corrected chi connectivity index (χ3v) is 6.83. The summed E-state index contributed by atoms with van der Waals surface area (Å²) in [5.74, 6) is 0.819. The van der Waals surface area contributed by atoms with E-state index in [4.69, 9.17) is 13.9 Å². The van der Waals surface area contributed by atoms with Crippen LogP contribution in [0.4, 0.5) is 5.69 Å². The van der Waals surface area contributed by atoms with Crippen LogP contribution in [0.5, 0.6) is 5.75 Å². The minimum absolute atomic E-state index is 0.119. The average Bonchev–Trinajstić information content (AvgIpc) is 3.44. The topological polar surface area (TPSA) is 103 Å². The van der Waals surface area contributed by atoms with Crippen molar-refractivity contribution in [2.45, 2.75) is 25.9 Å². The molecule has 4 aromatic carbocycles. The molecular weight excluding hydrogens is 530 g/mol. The van der Waals surface area contributed by atoms with Gasteiger partial charge in [0, 0.05) is 29.8 Å². The first-order valence-corrected chi connectivity index (χ1v) is 13.8. The van der Waals surface area contributed by atoms with Gasteiger partial charge in [0.25, 0.3) is 0 Å². The number of oxazole rings is 1. The molecule has 214 valence electrons. The molecule has 0 amide bonds. The van der Waals surface area contributed by atoms with Crippen LogP contribution in [0.2, 0.25) is 0 Å². The number of carbonyl (C=O) groups is 2. The molecule has 0 spiro atoms. The summed E-state index contributed by atoms with van der Waals surface area (Å²) in [4.78, 5) is 30.4. The molecule has 0 fully saturated rings. The van der Waals surface area contributed by atoms with Crippen LogP contribution in [0.1, 0.15) is 32.9 Å². The fraction of sp³-hybridized carbons (Fsp3) is 0.206. The van der Waals surface area contributed by atoms with Crippen molar-refractivity contribution in [3.05, 3.63) is 125 Å². The number of aromatic nitrogens is 1. The first kappa shape index (κ1) is 28.6. The number of nitrogens with one attached hydrogen (secondary N) is 2. The van der Waals surface area contributed by atoms with Crippen molar-refractivity contribution >= 4 is 28.5 Å². The maximum absolute atomic E-state index is 13.2. The van der Waals surface area contributed by atoms with Gasteiger partial charge in [-0.05, 0) is 48.9 Å². The molecule has 1 unspecified atom stereocenters. The van der Waals surface area contributed by atoms with Crippen LogP contribution < -0.4 is 15.4 Å². The van der Waals surface area contributed by atoms with Gasteiger partial charge < -0.3 is 24.5 Å². The summed E-state index contributed by atoms with van der Waals surface area (Å²) >= 11 is 0. The Morgan fingerprint density at radius 1 is 0.905 bits per heavy atom. The van der Waals surface area contributed by atoms with Gasteiger partial charge in [0.05, 0.1) is 13.7 Å². The van der Waals surface area contributed by atoms with E-state index in [1.54, 1.807) is 12.1 Å². The standard InChI is InChI=1S/C34H33N3O5/c1-23-11-15-25(16-12-23)33(38)27-7-3-4-8-28(27)36-30(34(39)40-2)21-24-13-17-26(18-14-24)41-20-19-35-22-32-37-29-9-5-6-10-31(29)42-32/h3-18,30,35-36H,19-22H2,1-2H3. The number of methoxy groups -OCH3 is 1. The molecule has 0 aliphatic rings. The molecule has 2 N–H and O–H groups in total. The summed E-state index contributed by atoms with van der Waals surface area (Å²) in [6, 6.07) is 29.2. The summed E-state index contributed by atoms with van der Waals surface area (Å²) < 4.78 is 16.6. The number of rotatable bonds is 13. The summed E-state index contributed by atoms with van der Waals surface area (Å²) in [5, 5.41) is 6.52. The highest BCUT2D eigenvalue weighted by molar-refractivity contribution is 6.12. The third kappa shape index (κ3) is 7.21. The van der Waals surface area contributed by atoms with Crippen LogP contribution in [-0.4, -0.2) is 43.0 Å². The van der Waals surface area contributed by atoms with Crippen molar-refractivity contribution in [3.8, 4) is 5.75 Å². The van der Waals surface area contributed by atoms with Crippen molar-refractivity contribution in [1.82, 2.24) is 10.3 Å². The van der Waals surface area contributed by atoms with Gasteiger partial charge in [0.15, 0.2) is 11.4 Å². The maximum atomic E-state index is 13.2. The number of fused-ring (bicyclic) bond motifs is 1. The minimum atomic E-state index is -0.690. The zero-order chi connectivity index (χ0) is 29.3. The van der Waals surface area contributed by atoms with E-state index in [9.17, 15) is 9.59 Å². The summed E-state index contributed by atoms with van der Waals surface area (Å²) in [5.41, 5.74) is 5.26. The number of aryl methyl sites for hydroxylation is 1. The SMILES string of the molecule is COC(=O)C(Cc1ccc(OCCNCc2nc3ccccc3o2)cc1)Nc1ccccc1C(=O)c1ccc(C)cc1. The second-order valence-corrected chi connectivity index (χ2v) is 9.91. The quantitative estimate of drug-likeness (QED) is 0.106. The van der Waals surface area contributed by atoms with E-state index in [0.717, 1.165) is 28.0 Å². The third-order valence-electron chi connectivity index (χ3n) is 6.83. The zero-order valence-electron chi connectivity index (χ0n) is 23.6. The van der Waals surface area contributed by atoms with Crippen LogP contribution >= 0.6 is 0 Å². The van der Waals surface area contributed by atoms with Gasteiger partial charge in [0.2, 0.25) is 5.89 Å². The van der Waals surface area contributed by atoms with Crippen molar-refractivity contribution in [3.63, 3.8) is 0 Å². The van der Waals surface area contributed by atoms with Crippen molar-refractivity contribution in [2.24, 2.45) is 0 Å². The lowest BCUT2D eigenvalue weighted by atomic mass is 9.99. The van der Waals surface area contributed by atoms with E-state index in [0.29, 0.717) is 48.8 Å². The molecule has 0 radical (unpaired) electrons. The molecule has 0 saturated heterocycles. The lowest BCUT2D eigenvalue weighted by molar-refractivity contribution is -0.141. The number of benzene rings is 4. The number of carbonyl (C=O) groups excluding carboxylic acids is 2. The van der Waals surface area contributed by atoms with E-state index < -0.39 is 12.0 Å². The Bertz CT molecular complexity index is 1610. The number of para-hydroxylation sites is 3.